The standard InChI is InChI=1S/C26H24Cl2N4O2S/c1-17-5-3-4-6-19(17)16-35-26-31-30-24(32(26)23-13-21(28)8-7-18(23)2)14-29-25(33)15-34-22-11-9-20(27)10-12-22/h3-13H,14-16H2,1-2H3,(H,29,33). The average Bonchev–Trinajstić information content (AvgIpc) is 3.26. The van der Waals surface area contributed by atoms with E-state index in [1.54, 1.807) is 36.0 Å². The van der Waals surface area contributed by atoms with Crippen LogP contribution in [0, 0.1) is 13.8 Å². The molecule has 35 heavy (non-hydrogen) atoms. The van der Waals surface area contributed by atoms with Crippen molar-refractivity contribution in [3.63, 3.8) is 0 Å². The molecule has 1 N–H and O–H groups in total. The van der Waals surface area contributed by atoms with Crippen LogP contribution >= 0.6 is 35.0 Å². The summed E-state index contributed by atoms with van der Waals surface area (Å²) in [6.07, 6.45) is 0. The van der Waals surface area contributed by atoms with Gasteiger partial charge < -0.3 is 10.1 Å². The first-order valence-corrected chi connectivity index (χ1v) is 12.7. The van der Waals surface area contributed by atoms with Crippen LogP contribution in [0.5, 0.6) is 5.75 Å². The van der Waals surface area contributed by atoms with E-state index in [2.05, 4.69) is 34.6 Å². The molecule has 1 heterocycles. The molecule has 0 saturated heterocycles. The lowest BCUT2D eigenvalue weighted by Gasteiger charge is -2.14. The van der Waals surface area contributed by atoms with Crippen LogP contribution in [0.15, 0.2) is 71.9 Å². The summed E-state index contributed by atoms with van der Waals surface area (Å²) in [5.41, 5.74) is 4.34. The second-order valence-corrected chi connectivity index (χ2v) is 9.71. The number of halogens is 2. The topological polar surface area (TPSA) is 69.0 Å². The summed E-state index contributed by atoms with van der Waals surface area (Å²) in [5.74, 6) is 1.64. The molecule has 0 aliphatic carbocycles. The van der Waals surface area contributed by atoms with E-state index >= 15 is 0 Å². The normalized spacial score (nSPS) is 10.9. The lowest BCUT2D eigenvalue weighted by molar-refractivity contribution is -0.123. The Morgan fingerprint density at radius 3 is 2.49 bits per heavy atom. The maximum Gasteiger partial charge on any atom is 0.258 e. The number of ether oxygens (including phenoxy) is 1. The fourth-order valence-electron chi connectivity index (χ4n) is 3.40. The Morgan fingerprint density at radius 2 is 1.71 bits per heavy atom. The molecule has 0 atom stereocenters. The molecule has 4 aromatic rings. The molecule has 1 amide bonds. The molecular weight excluding hydrogens is 503 g/mol. The highest BCUT2D eigenvalue weighted by molar-refractivity contribution is 7.98. The second-order valence-electron chi connectivity index (χ2n) is 7.90. The van der Waals surface area contributed by atoms with Gasteiger partial charge in [-0.15, -0.1) is 10.2 Å². The van der Waals surface area contributed by atoms with Crippen molar-refractivity contribution in [1.82, 2.24) is 20.1 Å². The van der Waals surface area contributed by atoms with E-state index in [-0.39, 0.29) is 19.1 Å². The van der Waals surface area contributed by atoms with Gasteiger partial charge in [0, 0.05) is 15.8 Å². The molecule has 180 valence electrons. The predicted molar refractivity (Wildman–Crippen MR) is 141 cm³/mol. The Labute approximate surface area is 218 Å². The molecular formula is C26H24Cl2N4O2S. The summed E-state index contributed by atoms with van der Waals surface area (Å²) in [6, 6.07) is 20.8. The Kier molecular flexibility index (Phi) is 8.33. The van der Waals surface area contributed by atoms with E-state index in [9.17, 15) is 4.79 Å². The van der Waals surface area contributed by atoms with Crippen molar-refractivity contribution in [3.8, 4) is 11.4 Å². The Balaban J connectivity index is 1.51. The van der Waals surface area contributed by atoms with Crippen LogP contribution in [0.1, 0.15) is 22.5 Å². The maximum atomic E-state index is 12.4. The minimum Gasteiger partial charge on any atom is -0.484 e. The molecule has 0 aliphatic heterocycles. The number of rotatable bonds is 9. The van der Waals surface area contributed by atoms with Crippen LogP contribution in [0.4, 0.5) is 0 Å². The molecule has 0 bridgehead atoms. The molecule has 0 unspecified atom stereocenters. The van der Waals surface area contributed by atoms with Gasteiger partial charge >= 0.3 is 0 Å². The zero-order chi connectivity index (χ0) is 24.8. The van der Waals surface area contributed by atoms with Crippen molar-refractivity contribution in [2.75, 3.05) is 6.61 Å². The quantitative estimate of drug-likeness (QED) is 0.264. The minimum absolute atomic E-state index is 0.124. The van der Waals surface area contributed by atoms with Gasteiger partial charge in [0.15, 0.2) is 17.6 Å². The van der Waals surface area contributed by atoms with Gasteiger partial charge in [-0.3, -0.25) is 9.36 Å². The molecule has 1 aromatic heterocycles. The van der Waals surface area contributed by atoms with Crippen LogP contribution in [-0.2, 0) is 17.1 Å². The lowest BCUT2D eigenvalue weighted by Crippen LogP contribution is -2.29. The van der Waals surface area contributed by atoms with Crippen molar-refractivity contribution >= 4 is 40.9 Å². The highest BCUT2D eigenvalue weighted by Gasteiger charge is 2.18. The van der Waals surface area contributed by atoms with Crippen molar-refractivity contribution in [2.24, 2.45) is 0 Å². The zero-order valence-electron chi connectivity index (χ0n) is 19.3. The summed E-state index contributed by atoms with van der Waals surface area (Å²) in [5, 5.41) is 13.6. The summed E-state index contributed by atoms with van der Waals surface area (Å²) in [4.78, 5) is 12.4. The van der Waals surface area contributed by atoms with Crippen LogP contribution in [0.3, 0.4) is 0 Å². The first-order valence-electron chi connectivity index (χ1n) is 10.9. The first kappa shape index (κ1) is 25.1. The molecule has 0 radical (unpaired) electrons. The van der Waals surface area contributed by atoms with Gasteiger partial charge in [-0.2, -0.15) is 0 Å². The van der Waals surface area contributed by atoms with E-state index in [4.69, 9.17) is 27.9 Å². The number of hydrogen-bond donors (Lipinski definition) is 1. The fourth-order valence-corrected chi connectivity index (χ4v) is 4.73. The van der Waals surface area contributed by atoms with Crippen LogP contribution < -0.4 is 10.1 Å². The number of nitrogens with one attached hydrogen (secondary N) is 1. The van der Waals surface area contributed by atoms with Crippen LogP contribution in [0.2, 0.25) is 10.0 Å². The number of hydrogen-bond acceptors (Lipinski definition) is 5. The van der Waals surface area contributed by atoms with Gasteiger partial charge in [-0.1, -0.05) is 65.3 Å². The van der Waals surface area contributed by atoms with Gasteiger partial charge in [0.1, 0.15) is 5.75 Å². The van der Waals surface area contributed by atoms with Crippen molar-refractivity contribution in [3.05, 3.63) is 99.3 Å². The number of amides is 1. The van der Waals surface area contributed by atoms with E-state index in [0.717, 1.165) is 22.2 Å². The molecule has 0 aliphatic rings. The Morgan fingerprint density at radius 1 is 0.971 bits per heavy atom. The lowest BCUT2D eigenvalue weighted by atomic mass is 10.1. The molecule has 0 saturated carbocycles. The zero-order valence-corrected chi connectivity index (χ0v) is 21.6. The third-order valence-corrected chi connectivity index (χ3v) is 6.82. The van der Waals surface area contributed by atoms with Gasteiger partial charge in [0.05, 0.1) is 12.2 Å². The highest BCUT2D eigenvalue weighted by atomic mass is 35.5. The first-order chi connectivity index (χ1) is 16.9. The third-order valence-electron chi connectivity index (χ3n) is 5.36. The molecule has 0 spiro atoms. The second kappa shape index (κ2) is 11.6. The summed E-state index contributed by atoms with van der Waals surface area (Å²) >= 11 is 13.8. The van der Waals surface area contributed by atoms with Gasteiger partial charge in [-0.05, 0) is 66.9 Å². The molecule has 4 rings (SSSR count). The Bertz CT molecular complexity index is 1330. The van der Waals surface area contributed by atoms with E-state index in [1.165, 1.54) is 11.1 Å². The molecule has 9 heteroatoms. The number of aromatic nitrogens is 3. The van der Waals surface area contributed by atoms with Crippen molar-refractivity contribution in [1.29, 1.82) is 0 Å². The van der Waals surface area contributed by atoms with E-state index in [1.807, 2.05) is 41.8 Å². The van der Waals surface area contributed by atoms with Gasteiger partial charge in [-0.25, -0.2) is 0 Å². The van der Waals surface area contributed by atoms with Crippen LogP contribution in [-0.4, -0.2) is 27.3 Å². The molecule has 3 aromatic carbocycles. The maximum absolute atomic E-state index is 12.4. The minimum atomic E-state index is -0.272. The van der Waals surface area contributed by atoms with Crippen molar-refractivity contribution < 1.29 is 9.53 Å². The van der Waals surface area contributed by atoms with Crippen molar-refractivity contribution in [2.45, 2.75) is 31.3 Å². The average molecular weight is 527 g/mol. The highest BCUT2D eigenvalue weighted by Crippen LogP contribution is 2.29. The molecule has 6 nitrogen and oxygen atoms in total. The molecule has 0 fully saturated rings. The summed E-state index contributed by atoms with van der Waals surface area (Å²) < 4.78 is 7.48. The number of carbonyl (C=O) groups excluding carboxylic acids is 1. The number of aryl methyl sites for hydroxylation is 2. The fraction of sp³-hybridized carbons (Fsp3) is 0.192. The van der Waals surface area contributed by atoms with E-state index < -0.39 is 0 Å². The largest absolute Gasteiger partial charge is 0.484 e. The number of benzene rings is 3. The van der Waals surface area contributed by atoms with Gasteiger partial charge in [0.2, 0.25) is 0 Å². The monoisotopic (exact) mass is 526 g/mol. The summed E-state index contributed by atoms with van der Waals surface area (Å²) in [7, 11) is 0. The van der Waals surface area contributed by atoms with E-state index in [0.29, 0.717) is 21.6 Å². The summed E-state index contributed by atoms with van der Waals surface area (Å²) in [6.45, 7) is 4.16. The third kappa shape index (κ3) is 6.57. The smallest absolute Gasteiger partial charge is 0.258 e. The van der Waals surface area contributed by atoms with Crippen LogP contribution in [0.25, 0.3) is 5.69 Å². The number of thioether (sulfide) groups is 1. The SMILES string of the molecule is Cc1ccccc1CSc1nnc(CNC(=O)COc2ccc(Cl)cc2)n1-c1cc(Cl)ccc1C. The van der Waals surface area contributed by atoms with Gasteiger partial charge in [0.25, 0.3) is 5.91 Å². The number of carbonyl (C=O) groups is 1. The predicted octanol–water partition coefficient (Wildman–Crippen LogP) is 6.18. The number of nitrogens with zero attached hydrogens (tertiary/aromatic N) is 3. The Hall–Kier alpha value is -3.00.